The summed E-state index contributed by atoms with van der Waals surface area (Å²) < 4.78 is 5.38. The molecule has 2 aromatic rings. The van der Waals surface area contributed by atoms with Crippen LogP contribution in [-0.4, -0.2) is 42.2 Å². The summed E-state index contributed by atoms with van der Waals surface area (Å²) in [5.41, 5.74) is 0.901. The van der Waals surface area contributed by atoms with Crippen LogP contribution in [0.2, 0.25) is 0 Å². The molecule has 7 nitrogen and oxygen atoms in total. The van der Waals surface area contributed by atoms with E-state index in [9.17, 15) is 19.7 Å². The van der Waals surface area contributed by atoms with E-state index >= 15 is 0 Å². The average molecular weight is 354 g/mol. The van der Waals surface area contributed by atoms with Gasteiger partial charge in [0.05, 0.1) is 4.92 Å². The maximum absolute atomic E-state index is 12.3. The molecule has 0 saturated carbocycles. The molecule has 0 bridgehead atoms. The zero-order valence-electron chi connectivity index (χ0n) is 14.4. The summed E-state index contributed by atoms with van der Waals surface area (Å²) in [5, 5.41) is 10.8. The number of nitrogens with zero attached hydrogens (tertiary/aromatic N) is 2. The van der Waals surface area contributed by atoms with Crippen molar-refractivity contribution in [1.82, 2.24) is 4.90 Å². The van der Waals surface area contributed by atoms with Gasteiger partial charge < -0.3 is 9.64 Å². The number of likely N-dealkylation sites (N-methyl/N-ethyl adjacent to an activating group) is 1. The number of ketones is 1. The van der Waals surface area contributed by atoms with Crippen molar-refractivity contribution in [2.45, 2.75) is 0 Å². The number of ether oxygens (including phenoxy) is 1. The van der Waals surface area contributed by atoms with Crippen LogP contribution >= 0.6 is 0 Å². The highest BCUT2D eigenvalue weighted by Crippen LogP contribution is 2.17. The van der Waals surface area contributed by atoms with E-state index in [0.29, 0.717) is 16.9 Å². The Labute approximate surface area is 150 Å². The molecule has 0 N–H and O–H groups in total. The quantitative estimate of drug-likeness (QED) is 0.330. The van der Waals surface area contributed by atoms with Gasteiger partial charge in [0.2, 0.25) is 0 Å². The van der Waals surface area contributed by atoms with E-state index in [1.807, 2.05) is 0 Å². The molecule has 26 heavy (non-hydrogen) atoms. The second-order valence-corrected chi connectivity index (χ2v) is 5.65. The Kier molecular flexibility index (Phi) is 6.21. The zero-order chi connectivity index (χ0) is 19.1. The maximum Gasteiger partial charge on any atom is 0.270 e. The molecule has 0 aliphatic carbocycles. The normalized spacial score (nSPS) is 10.5. The number of hydrogen-bond acceptors (Lipinski definition) is 5. The molecule has 0 aliphatic rings. The van der Waals surface area contributed by atoms with Gasteiger partial charge in [-0.25, -0.2) is 0 Å². The molecule has 0 spiro atoms. The monoisotopic (exact) mass is 354 g/mol. The van der Waals surface area contributed by atoms with Gasteiger partial charge in [0.25, 0.3) is 11.6 Å². The Morgan fingerprint density at radius 2 is 1.88 bits per heavy atom. The number of rotatable bonds is 7. The molecular formula is C19H18N2O5. The summed E-state index contributed by atoms with van der Waals surface area (Å²) in [6.45, 7) is -0.117. The van der Waals surface area contributed by atoms with Gasteiger partial charge in [-0.3, -0.25) is 19.7 Å². The standard InChI is InChI=1S/C19H18N2O5/c1-20(2)19(23)13-26-17-8-4-6-15(12-17)18(22)10-9-14-5-3-7-16(11-14)21(24)25/h3-12H,13H2,1-2H3/b10-9+. The first-order valence-electron chi connectivity index (χ1n) is 7.76. The van der Waals surface area contributed by atoms with Gasteiger partial charge in [0, 0.05) is 31.8 Å². The second kappa shape index (κ2) is 8.57. The van der Waals surface area contributed by atoms with Gasteiger partial charge in [-0.15, -0.1) is 0 Å². The third-order valence-corrected chi connectivity index (χ3v) is 3.49. The molecule has 7 heteroatoms. The number of nitro groups is 1. The summed E-state index contributed by atoms with van der Waals surface area (Å²) in [6, 6.07) is 12.5. The van der Waals surface area contributed by atoms with Gasteiger partial charge >= 0.3 is 0 Å². The van der Waals surface area contributed by atoms with Crippen LogP contribution in [0.1, 0.15) is 15.9 Å². The fourth-order valence-electron chi connectivity index (χ4n) is 2.02. The highest BCUT2D eigenvalue weighted by atomic mass is 16.6. The van der Waals surface area contributed by atoms with E-state index in [1.165, 1.54) is 29.2 Å². The van der Waals surface area contributed by atoms with Crippen molar-refractivity contribution in [3.8, 4) is 5.75 Å². The fraction of sp³-hybridized carbons (Fsp3) is 0.158. The first-order chi connectivity index (χ1) is 12.4. The Bertz CT molecular complexity index is 859. The van der Waals surface area contributed by atoms with Gasteiger partial charge in [-0.2, -0.15) is 0 Å². The molecule has 0 atom stereocenters. The predicted molar refractivity (Wildman–Crippen MR) is 97.1 cm³/mol. The van der Waals surface area contributed by atoms with Gasteiger partial charge in [0.1, 0.15) is 5.75 Å². The van der Waals surface area contributed by atoms with Crippen molar-refractivity contribution < 1.29 is 19.2 Å². The van der Waals surface area contributed by atoms with Crippen LogP contribution in [0.4, 0.5) is 5.69 Å². The van der Waals surface area contributed by atoms with Crippen LogP contribution in [0.5, 0.6) is 5.75 Å². The number of non-ortho nitro benzene ring substituents is 1. The highest BCUT2D eigenvalue weighted by molar-refractivity contribution is 6.07. The van der Waals surface area contributed by atoms with Crippen molar-refractivity contribution in [3.05, 3.63) is 75.8 Å². The highest BCUT2D eigenvalue weighted by Gasteiger charge is 2.08. The number of carbonyl (C=O) groups excluding carboxylic acids is 2. The van der Waals surface area contributed by atoms with Crippen LogP contribution in [-0.2, 0) is 4.79 Å². The molecule has 0 radical (unpaired) electrons. The number of hydrogen-bond donors (Lipinski definition) is 0. The molecule has 0 heterocycles. The summed E-state index contributed by atoms with van der Waals surface area (Å²) in [5.74, 6) is -0.0528. The predicted octanol–water partition coefficient (Wildman–Crippen LogP) is 2.96. The van der Waals surface area contributed by atoms with Crippen LogP contribution in [0.25, 0.3) is 6.08 Å². The van der Waals surface area contributed by atoms with Crippen LogP contribution in [0.15, 0.2) is 54.6 Å². The number of amides is 1. The Morgan fingerprint density at radius 3 is 2.58 bits per heavy atom. The molecule has 2 aromatic carbocycles. The van der Waals surface area contributed by atoms with Gasteiger partial charge in [-0.1, -0.05) is 30.3 Å². The van der Waals surface area contributed by atoms with E-state index in [2.05, 4.69) is 0 Å². The number of allylic oxidation sites excluding steroid dienone is 1. The van der Waals surface area contributed by atoms with Gasteiger partial charge in [-0.05, 0) is 23.8 Å². The fourth-order valence-corrected chi connectivity index (χ4v) is 2.02. The Hall–Kier alpha value is -3.48. The molecule has 134 valence electrons. The van der Waals surface area contributed by atoms with E-state index in [4.69, 9.17) is 4.74 Å². The smallest absolute Gasteiger partial charge is 0.270 e. The van der Waals surface area contributed by atoms with E-state index in [1.54, 1.807) is 50.5 Å². The minimum absolute atomic E-state index is 0.0412. The molecular weight excluding hydrogens is 336 g/mol. The largest absolute Gasteiger partial charge is 0.484 e. The molecule has 2 rings (SSSR count). The lowest BCUT2D eigenvalue weighted by Gasteiger charge is -2.11. The van der Waals surface area contributed by atoms with E-state index in [0.717, 1.165) is 0 Å². The molecule has 1 amide bonds. The van der Waals surface area contributed by atoms with Crippen LogP contribution < -0.4 is 4.74 Å². The summed E-state index contributed by atoms with van der Waals surface area (Å²) in [7, 11) is 3.26. The van der Waals surface area contributed by atoms with Crippen LogP contribution in [0, 0.1) is 10.1 Å². The SMILES string of the molecule is CN(C)C(=O)COc1cccc(C(=O)/C=C/c2cccc([N+](=O)[O-])c2)c1. The minimum Gasteiger partial charge on any atom is -0.484 e. The van der Waals surface area contributed by atoms with Crippen LogP contribution in [0.3, 0.4) is 0 Å². The summed E-state index contributed by atoms with van der Waals surface area (Å²) in [6.07, 6.45) is 2.85. The lowest BCUT2D eigenvalue weighted by atomic mass is 10.1. The Morgan fingerprint density at radius 1 is 1.15 bits per heavy atom. The molecule has 0 aromatic heterocycles. The van der Waals surface area contributed by atoms with E-state index < -0.39 is 4.92 Å². The topological polar surface area (TPSA) is 89.8 Å². The van der Waals surface area contributed by atoms with Crippen molar-refractivity contribution in [1.29, 1.82) is 0 Å². The molecule has 0 saturated heterocycles. The summed E-state index contributed by atoms with van der Waals surface area (Å²) in [4.78, 5) is 35.5. The zero-order valence-corrected chi connectivity index (χ0v) is 14.4. The molecule has 0 aliphatic heterocycles. The lowest BCUT2D eigenvalue weighted by Crippen LogP contribution is -2.27. The van der Waals surface area contributed by atoms with E-state index in [-0.39, 0.29) is 24.0 Å². The first-order valence-corrected chi connectivity index (χ1v) is 7.76. The average Bonchev–Trinajstić information content (AvgIpc) is 2.64. The van der Waals surface area contributed by atoms with Crippen molar-refractivity contribution in [2.75, 3.05) is 20.7 Å². The molecule has 0 unspecified atom stereocenters. The summed E-state index contributed by atoms with van der Waals surface area (Å²) >= 11 is 0. The van der Waals surface area contributed by atoms with Crippen molar-refractivity contribution in [3.63, 3.8) is 0 Å². The minimum atomic E-state index is -0.491. The lowest BCUT2D eigenvalue weighted by molar-refractivity contribution is -0.384. The molecule has 0 fully saturated rings. The third kappa shape index (κ3) is 5.27. The Balaban J connectivity index is 2.07. The van der Waals surface area contributed by atoms with Crippen molar-refractivity contribution >= 4 is 23.5 Å². The van der Waals surface area contributed by atoms with Gasteiger partial charge in [0.15, 0.2) is 12.4 Å². The maximum atomic E-state index is 12.3. The number of nitro benzene ring substituents is 1. The van der Waals surface area contributed by atoms with Crippen molar-refractivity contribution in [2.24, 2.45) is 0 Å². The number of benzene rings is 2. The first kappa shape index (κ1) is 18.9. The number of carbonyl (C=O) groups is 2. The second-order valence-electron chi connectivity index (χ2n) is 5.65. The third-order valence-electron chi connectivity index (χ3n) is 3.49.